The zero-order valence-electron chi connectivity index (χ0n) is 12.1. The maximum Gasteiger partial charge on any atom is 0.165 e. The predicted molar refractivity (Wildman–Crippen MR) is 72.0 cm³/mol. The lowest BCUT2D eigenvalue weighted by molar-refractivity contribution is -0.147. The molecule has 1 heterocycles. The molecule has 1 fully saturated rings. The van der Waals surface area contributed by atoms with Crippen molar-refractivity contribution in [2.24, 2.45) is 11.8 Å². The Hall–Kier alpha value is -0.0800. The Morgan fingerprint density at radius 2 is 1.53 bits per heavy atom. The fraction of sp³-hybridized carbons (Fsp3) is 1.00. The van der Waals surface area contributed by atoms with Gasteiger partial charge in [0.1, 0.15) is 0 Å². The van der Waals surface area contributed by atoms with Crippen LogP contribution in [0.1, 0.15) is 66.2 Å². The van der Waals surface area contributed by atoms with Gasteiger partial charge in [0.25, 0.3) is 0 Å². The molecule has 0 aromatic heterocycles. The first kappa shape index (κ1) is 15.0. The fourth-order valence-corrected chi connectivity index (χ4v) is 2.49. The van der Waals surface area contributed by atoms with Crippen molar-refractivity contribution in [2.45, 2.75) is 72.0 Å². The molecule has 0 saturated carbocycles. The van der Waals surface area contributed by atoms with Crippen LogP contribution in [0.25, 0.3) is 0 Å². The van der Waals surface area contributed by atoms with E-state index in [0.717, 1.165) is 31.5 Å². The second-order valence-electron chi connectivity index (χ2n) is 6.15. The molecule has 1 rings (SSSR count). The van der Waals surface area contributed by atoms with E-state index in [1.54, 1.807) is 0 Å². The molecule has 0 N–H and O–H groups in total. The molecule has 1 atom stereocenters. The minimum Gasteiger partial charge on any atom is -0.348 e. The molecule has 1 aliphatic heterocycles. The van der Waals surface area contributed by atoms with E-state index in [1.165, 1.54) is 32.1 Å². The Kier molecular flexibility index (Phi) is 6.50. The first-order valence-corrected chi connectivity index (χ1v) is 7.30. The molecule has 0 amide bonds. The molecule has 0 spiro atoms. The molecule has 1 saturated heterocycles. The van der Waals surface area contributed by atoms with Crippen LogP contribution in [0.3, 0.4) is 0 Å². The maximum atomic E-state index is 5.61. The summed E-state index contributed by atoms with van der Waals surface area (Å²) in [6.07, 6.45) is 7.69. The van der Waals surface area contributed by atoms with Gasteiger partial charge in [0, 0.05) is 6.42 Å². The third kappa shape index (κ3) is 6.42. The Labute approximate surface area is 107 Å². The monoisotopic (exact) mass is 242 g/mol. The standard InChI is InChI=1S/C15H30O2/c1-13(2)7-5-8-14(3)9-6-10-15(4)16-11-12-17-15/h13-14H,5-12H2,1-4H3/t14-/m1/s1. The van der Waals surface area contributed by atoms with Gasteiger partial charge >= 0.3 is 0 Å². The normalized spacial score (nSPS) is 21.0. The molecule has 0 unspecified atom stereocenters. The van der Waals surface area contributed by atoms with Crippen LogP contribution in [-0.2, 0) is 9.47 Å². The van der Waals surface area contributed by atoms with Crippen LogP contribution in [-0.4, -0.2) is 19.0 Å². The molecule has 2 heteroatoms. The molecule has 17 heavy (non-hydrogen) atoms. The Morgan fingerprint density at radius 3 is 2.12 bits per heavy atom. The summed E-state index contributed by atoms with van der Waals surface area (Å²) in [5, 5.41) is 0. The molecular weight excluding hydrogens is 212 g/mol. The summed E-state index contributed by atoms with van der Waals surface area (Å²) in [5.74, 6) is 1.41. The van der Waals surface area contributed by atoms with Crippen molar-refractivity contribution < 1.29 is 9.47 Å². The van der Waals surface area contributed by atoms with E-state index in [2.05, 4.69) is 27.7 Å². The van der Waals surface area contributed by atoms with E-state index in [1.807, 2.05) is 0 Å². The summed E-state index contributed by atoms with van der Waals surface area (Å²) < 4.78 is 11.2. The van der Waals surface area contributed by atoms with Crippen molar-refractivity contribution in [3.05, 3.63) is 0 Å². The molecule has 2 nitrogen and oxygen atoms in total. The highest BCUT2D eigenvalue weighted by Gasteiger charge is 2.30. The second-order valence-corrected chi connectivity index (χ2v) is 6.15. The Bertz CT molecular complexity index is 195. The van der Waals surface area contributed by atoms with Crippen molar-refractivity contribution in [3.63, 3.8) is 0 Å². The third-order valence-electron chi connectivity index (χ3n) is 3.70. The minimum absolute atomic E-state index is 0.280. The van der Waals surface area contributed by atoms with Crippen molar-refractivity contribution in [2.75, 3.05) is 13.2 Å². The van der Waals surface area contributed by atoms with Crippen molar-refractivity contribution in [1.82, 2.24) is 0 Å². The number of rotatable bonds is 8. The maximum absolute atomic E-state index is 5.61. The van der Waals surface area contributed by atoms with Crippen LogP contribution >= 0.6 is 0 Å². The van der Waals surface area contributed by atoms with E-state index >= 15 is 0 Å². The van der Waals surface area contributed by atoms with Gasteiger partial charge in [-0.15, -0.1) is 0 Å². The highest BCUT2D eigenvalue weighted by molar-refractivity contribution is 4.68. The smallest absolute Gasteiger partial charge is 0.165 e. The lowest BCUT2D eigenvalue weighted by Gasteiger charge is -2.22. The lowest BCUT2D eigenvalue weighted by Crippen LogP contribution is -2.25. The summed E-state index contributed by atoms with van der Waals surface area (Å²) in [4.78, 5) is 0. The van der Waals surface area contributed by atoms with Gasteiger partial charge in [-0.2, -0.15) is 0 Å². The first-order valence-electron chi connectivity index (χ1n) is 7.30. The summed E-state index contributed by atoms with van der Waals surface area (Å²) in [5.41, 5.74) is 0. The van der Waals surface area contributed by atoms with Gasteiger partial charge < -0.3 is 9.47 Å². The first-order chi connectivity index (χ1) is 8.02. The predicted octanol–water partition coefficient (Wildman–Crippen LogP) is 4.38. The second kappa shape index (κ2) is 7.38. The summed E-state index contributed by atoms with van der Waals surface area (Å²) in [7, 11) is 0. The zero-order chi connectivity index (χ0) is 12.7. The summed E-state index contributed by atoms with van der Waals surface area (Å²) in [6.45, 7) is 10.6. The average molecular weight is 242 g/mol. The Balaban J connectivity index is 2.01. The van der Waals surface area contributed by atoms with Gasteiger partial charge in [0.15, 0.2) is 5.79 Å². The van der Waals surface area contributed by atoms with Crippen molar-refractivity contribution in [1.29, 1.82) is 0 Å². The van der Waals surface area contributed by atoms with E-state index in [4.69, 9.17) is 9.47 Å². The molecule has 1 aliphatic rings. The minimum atomic E-state index is -0.280. The van der Waals surface area contributed by atoms with Crippen LogP contribution in [0.5, 0.6) is 0 Å². The molecule has 0 aliphatic carbocycles. The van der Waals surface area contributed by atoms with E-state index < -0.39 is 0 Å². The molecule has 0 aromatic rings. The van der Waals surface area contributed by atoms with Crippen LogP contribution < -0.4 is 0 Å². The molecule has 0 aromatic carbocycles. The average Bonchev–Trinajstić information content (AvgIpc) is 2.65. The highest BCUT2D eigenvalue weighted by atomic mass is 16.7. The topological polar surface area (TPSA) is 18.5 Å². The van der Waals surface area contributed by atoms with Gasteiger partial charge in [-0.1, -0.05) is 46.5 Å². The number of ether oxygens (including phenoxy) is 2. The van der Waals surface area contributed by atoms with Gasteiger partial charge in [0.2, 0.25) is 0 Å². The largest absolute Gasteiger partial charge is 0.348 e. The highest BCUT2D eigenvalue weighted by Crippen LogP contribution is 2.26. The molecule has 0 bridgehead atoms. The van der Waals surface area contributed by atoms with Gasteiger partial charge in [-0.3, -0.25) is 0 Å². The fourth-order valence-electron chi connectivity index (χ4n) is 2.49. The number of hydrogen-bond donors (Lipinski definition) is 0. The van der Waals surface area contributed by atoms with Crippen molar-refractivity contribution in [3.8, 4) is 0 Å². The van der Waals surface area contributed by atoms with Gasteiger partial charge in [-0.05, 0) is 25.2 Å². The van der Waals surface area contributed by atoms with Crippen LogP contribution in [0.15, 0.2) is 0 Å². The van der Waals surface area contributed by atoms with Crippen LogP contribution in [0, 0.1) is 11.8 Å². The molecule has 0 radical (unpaired) electrons. The third-order valence-corrected chi connectivity index (χ3v) is 3.70. The van der Waals surface area contributed by atoms with E-state index in [-0.39, 0.29) is 5.79 Å². The molecular formula is C15H30O2. The van der Waals surface area contributed by atoms with Gasteiger partial charge in [0.05, 0.1) is 13.2 Å². The zero-order valence-corrected chi connectivity index (χ0v) is 12.1. The van der Waals surface area contributed by atoms with Crippen molar-refractivity contribution >= 4 is 0 Å². The Morgan fingerprint density at radius 1 is 0.941 bits per heavy atom. The van der Waals surface area contributed by atoms with Crippen LogP contribution in [0.4, 0.5) is 0 Å². The van der Waals surface area contributed by atoms with E-state index in [0.29, 0.717) is 0 Å². The lowest BCUT2D eigenvalue weighted by atomic mass is 9.94. The quantitative estimate of drug-likeness (QED) is 0.629. The summed E-state index contributed by atoms with van der Waals surface area (Å²) >= 11 is 0. The van der Waals surface area contributed by atoms with Crippen LogP contribution in [0.2, 0.25) is 0 Å². The molecule has 102 valence electrons. The SMILES string of the molecule is CC(C)CCC[C@@H](C)CCCC1(C)OCCO1. The van der Waals surface area contributed by atoms with Gasteiger partial charge in [-0.25, -0.2) is 0 Å². The van der Waals surface area contributed by atoms with E-state index in [9.17, 15) is 0 Å². The number of hydrogen-bond acceptors (Lipinski definition) is 2. The summed E-state index contributed by atoms with van der Waals surface area (Å²) in [6, 6.07) is 0.